The number of piperidine rings is 1. The van der Waals surface area contributed by atoms with Crippen LogP contribution in [0, 0.1) is 0 Å². The van der Waals surface area contributed by atoms with Crippen LogP contribution < -0.4 is 10.1 Å². The normalized spacial score (nSPS) is 19.1. The fourth-order valence-electron chi connectivity index (χ4n) is 4.57. The minimum atomic E-state index is 0.204. The molecular formula is C24H33N5O2. The quantitative estimate of drug-likeness (QED) is 0.771. The van der Waals surface area contributed by atoms with Gasteiger partial charge in [0.05, 0.1) is 12.8 Å². The van der Waals surface area contributed by atoms with Gasteiger partial charge in [0.1, 0.15) is 17.4 Å². The van der Waals surface area contributed by atoms with Crippen molar-refractivity contribution in [2.45, 2.75) is 44.6 Å². The molecule has 1 atom stereocenters. The van der Waals surface area contributed by atoms with Crippen LogP contribution in [0.15, 0.2) is 24.3 Å². The topological polar surface area (TPSA) is 70.6 Å². The molecule has 2 aliphatic rings. The lowest BCUT2D eigenvalue weighted by molar-refractivity contribution is -0.132. The largest absolute Gasteiger partial charge is 0.497 e. The molecule has 2 aliphatic heterocycles. The Balaban J connectivity index is 1.41. The fraction of sp³-hybridized carbons (Fsp3) is 0.542. The van der Waals surface area contributed by atoms with Crippen LogP contribution in [0.1, 0.15) is 47.8 Å². The molecule has 0 unspecified atom stereocenters. The zero-order valence-electron chi connectivity index (χ0n) is 18.9. The maximum atomic E-state index is 12.9. The van der Waals surface area contributed by atoms with Crippen LogP contribution in [0.2, 0.25) is 0 Å². The van der Waals surface area contributed by atoms with Crippen molar-refractivity contribution in [2.75, 3.05) is 46.2 Å². The average molecular weight is 424 g/mol. The highest BCUT2D eigenvalue weighted by atomic mass is 16.5. The van der Waals surface area contributed by atoms with E-state index in [1.165, 1.54) is 5.56 Å². The highest BCUT2D eigenvalue weighted by Crippen LogP contribution is 2.30. The maximum Gasteiger partial charge on any atom is 0.222 e. The molecule has 4 rings (SSSR count). The summed E-state index contributed by atoms with van der Waals surface area (Å²) in [5.41, 5.74) is 3.53. The van der Waals surface area contributed by atoms with E-state index in [0.29, 0.717) is 13.0 Å². The van der Waals surface area contributed by atoms with Crippen LogP contribution in [-0.2, 0) is 24.2 Å². The van der Waals surface area contributed by atoms with Gasteiger partial charge in [0.15, 0.2) is 0 Å². The Labute approximate surface area is 184 Å². The van der Waals surface area contributed by atoms with Crippen molar-refractivity contribution < 1.29 is 9.53 Å². The molecule has 1 aromatic heterocycles. The number of amides is 1. The lowest BCUT2D eigenvalue weighted by atomic mass is 9.95. The van der Waals surface area contributed by atoms with Gasteiger partial charge in [-0.05, 0) is 44.0 Å². The number of aryl methyl sites for hydroxylation is 1. The average Bonchev–Trinajstić information content (AvgIpc) is 2.82. The molecule has 1 saturated heterocycles. The van der Waals surface area contributed by atoms with Crippen molar-refractivity contribution in [3.63, 3.8) is 0 Å². The summed E-state index contributed by atoms with van der Waals surface area (Å²) in [7, 11) is 5.72. The molecule has 3 heterocycles. The van der Waals surface area contributed by atoms with E-state index in [1.54, 1.807) is 7.11 Å². The standard InChI is InChI=1S/C24H33N5O2/c1-25-24-20-16-28(2)14-12-21(20)26-23(27-24)18-5-4-13-29(15-18)22(30)11-8-17-6-9-19(31-3)10-7-17/h6-7,9-10,18H,4-5,8,11-16H2,1-3H3,(H,25,26,27)/t18-/m0/s1. The van der Waals surface area contributed by atoms with Crippen LogP contribution >= 0.6 is 0 Å². The summed E-state index contributed by atoms with van der Waals surface area (Å²) in [6, 6.07) is 7.95. The molecule has 1 fully saturated rings. The summed E-state index contributed by atoms with van der Waals surface area (Å²) in [6.45, 7) is 3.44. The number of hydrogen-bond donors (Lipinski definition) is 1. The van der Waals surface area contributed by atoms with Gasteiger partial charge < -0.3 is 19.9 Å². The second-order valence-electron chi connectivity index (χ2n) is 8.62. The Morgan fingerprint density at radius 1 is 1.23 bits per heavy atom. The third-order valence-electron chi connectivity index (χ3n) is 6.43. The molecule has 7 nitrogen and oxygen atoms in total. The van der Waals surface area contributed by atoms with E-state index in [2.05, 4.69) is 17.3 Å². The minimum Gasteiger partial charge on any atom is -0.497 e. The first-order valence-electron chi connectivity index (χ1n) is 11.2. The Bertz CT molecular complexity index is 898. The van der Waals surface area contributed by atoms with Crippen LogP contribution in [-0.4, -0.2) is 66.5 Å². The van der Waals surface area contributed by atoms with E-state index >= 15 is 0 Å². The summed E-state index contributed by atoms with van der Waals surface area (Å²) in [4.78, 5) is 27.0. The number of carbonyl (C=O) groups excluding carboxylic acids is 1. The smallest absolute Gasteiger partial charge is 0.222 e. The van der Waals surface area contributed by atoms with Gasteiger partial charge >= 0.3 is 0 Å². The Kier molecular flexibility index (Phi) is 6.70. The fourth-order valence-corrected chi connectivity index (χ4v) is 4.57. The number of nitrogens with zero attached hydrogens (tertiary/aromatic N) is 4. The van der Waals surface area contributed by atoms with Gasteiger partial charge in [-0.2, -0.15) is 0 Å². The zero-order chi connectivity index (χ0) is 21.8. The monoisotopic (exact) mass is 423 g/mol. The minimum absolute atomic E-state index is 0.204. The van der Waals surface area contributed by atoms with Crippen molar-refractivity contribution in [2.24, 2.45) is 0 Å². The molecule has 0 aliphatic carbocycles. The molecule has 7 heteroatoms. The summed E-state index contributed by atoms with van der Waals surface area (Å²) >= 11 is 0. The van der Waals surface area contributed by atoms with Crippen molar-refractivity contribution in [1.29, 1.82) is 0 Å². The summed E-state index contributed by atoms with van der Waals surface area (Å²) in [6.07, 6.45) is 4.25. The predicted molar refractivity (Wildman–Crippen MR) is 121 cm³/mol. The Morgan fingerprint density at radius 3 is 2.77 bits per heavy atom. The van der Waals surface area contributed by atoms with Gasteiger partial charge in [0, 0.05) is 57.5 Å². The van der Waals surface area contributed by atoms with Gasteiger partial charge in [-0.25, -0.2) is 9.97 Å². The molecule has 1 N–H and O–H groups in total. The summed E-state index contributed by atoms with van der Waals surface area (Å²) in [5.74, 6) is 3.09. The molecule has 2 aromatic rings. The van der Waals surface area contributed by atoms with E-state index in [1.807, 2.05) is 36.2 Å². The number of methoxy groups -OCH3 is 1. The first kappa shape index (κ1) is 21.6. The van der Waals surface area contributed by atoms with Crippen molar-refractivity contribution >= 4 is 11.7 Å². The van der Waals surface area contributed by atoms with E-state index in [4.69, 9.17) is 14.7 Å². The van der Waals surface area contributed by atoms with Crippen LogP contribution in [0.25, 0.3) is 0 Å². The Morgan fingerprint density at radius 2 is 2.03 bits per heavy atom. The van der Waals surface area contributed by atoms with Gasteiger partial charge in [-0.15, -0.1) is 0 Å². The van der Waals surface area contributed by atoms with Crippen molar-refractivity contribution in [1.82, 2.24) is 19.8 Å². The molecule has 0 spiro atoms. The number of ether oxygens (including phenoxy) is 1. The number of anilines is 1. The molecule has 1 amide bonds. The van der Waals surface area contributed by atoms with Gasteiger partial charge in [-0.3, -0.25) is 4.79 Å². The van der Waals surface area contributed by atoms with Crippen LogP contribution in [0.4, 0.5) is 5.82 Å². The van der Waals surface area contributed by atoms with Gasteiger partial charge in [-0.1, -0.05) is 12.1 Å². The van der Waals surface area contributed by atoms with E-state index in [-0.39, 0.29) is 11.8 Å². The molecule has 0 saturated carbocycles. The van der Waals surface area contributed by atoms with Crippen LogP contribution in [0.3, 0.4) is 0 Å². The van der Waals surface area contributed by atoms with E-state index < -0.39 is 0 Å². The molecule has 31 heavy (non-hydrogen) atoms. The number of benzene rings is 1. The van der Waals surface area contributed by atoms with E-state index in [0.717, 1.165) is 74.0 Å². The second-order valence-corrected chi connectivity index (χ2v) is 8.62. The lowest BCUT2D eigenvalue weighted by Crippen LogP contribution is -2.40. The lowest BCUT2D eigenvalue weighted by Gasteiger charge is -2.33. The first-order chi connectivity index (χ1) is 15.1. The zero-order valence-corrected chi connectivity index (χ0v) is 18.9. The SMILES string of the molecule is CNc1nc([C@H]2CCCN(C(=O)CCc3ccc(OC)cc3)C2)nc2c1CN(C)CC2. The number of rotatable bonds is 6. The van der Waals surface area contributed by atoms with Crippen molar-refractivity contribution in [3.8, 4) is 5.75 Å². The molecular weight excluding hydrogens is 390 g/mol. The van der Waals surface area contributed by atoms with Crippen LogP contribution in [0.5, 0.6) is 5.75 Å². The second kappa shape index (κ2) is 9.64. The first-order valence-corrected chi connectivity index (χ1v) is 11.2. The number of fused-ring (bicyclic) bond motifs is 1. The van der Waals surface area contributed by atoms with Gasteiger partial charge in [0.25, 0.3) is 0 Å². The number of hydrogen-bond acceptors (Lipinski definition) is 6. The predicted octanol–water partition coefficient (Wildman–Crippen LogP) is 2.85. The highest BCUT2D eigenvalue weighted by Gasteiger charge is 2.28. The van der Waals surface area contributed by atoms with E-state index in [9.17, 15) is 4.79 Å². The third-order valence-corrected chi connectivity index (χ3v) is 6.43. The summed E-state index contributed by atoms with van der Waals surface area (Å²) < 4.78 is 5.21. The number of aromatic nitrogens is 2. The third kappa shape index (κ3) is 4.98. The highest BCUT2D eigenvalue weighted by molar-refractivity contribution is 5.76. The number of likely N-dealkylation sites (tertiary alicyclic amines) is 1. The number of nitrogens with one attached hydrogen (secondary N) is 1. The van der Waals surface area contributed by atoms with Gasteiger partial charge in [0.2, 0.25) is 5.91 Å². The summed E-state index contributed by atoms with van der Waals surface area (Å²) in [5, 5.41) is 3.27. The Hall–Kier alpha value is -2.67. The molecule has 0 bridgehead atoms. The molecule has 166 valence electrons. The molecule has 1 aromatic carbocycles. The van der Waals surface area contributed by atoms with Crippen molar-refractivity contribution in [3.05, 3.63) is 46.9 Å². The maximum absolute atomic E-state index is 12.9. The number of carbonyl (C=O) groups is 1. The number of likely N-dealkylation sites (N-methyl/N-ethyl adjacent to an activating group) is 1. The molecule has 0 radical (unpaired) electrons.